The molecule has 1 atom stereocenters. The molecular weight excluding hydrogens is 295 g/mol. The Balaban J connectivity index is 3.17. The van der Waals surface area contributed by atoms with E-state index >= 15 is 0 Å². The number of aliphatic hydroxyl groups excluding tert-OH is 1. The monoisotopic (exact) mass is 311 g/mol. The minimum absolute atomic E-state index is 0.293. The molecule has 0 saturated heterocycles. The van der Waals surface area contributed by atoms with E-state index in [9.17, 15) is 26.7 Å². The van der Waals surface area contributed by atoms with Crippen LogP contribution in [-0.4, -0.2) is 25.7 Å². The number of hydrogen-bond acceptors (Lipinski definition) is 3. The number of halogens is 3. The third-order valence-electron chi connectivity index (χ3n) is 2.98. The predicted octanol–water partition coefficient (Wildman–Crippen LogP) is 2.14. The molecule has 20 heavy (non-hydrogen) atoms. The van der Waals surface area contributed by atoms with Crippen molar-refractivity contribution in [3.8, 4) is 0 Å². The Labute approximate surface area is 115 Å². The van der Waals surface area contributed by atoms with Crippen molar-refractivity contribution in [3.63, 3.8) is 0 Å². The summed E-state index contributed by atoms with van der Waals surface area (Å²) in [7, 11) is -4.13. The fourth-order valence-corrected chi connectivity index (χ4v) is 2.95. The molecule has 0 aliphatic rings. The van der Waals surface area contributed by atoms with Gasteiger partial charge in [0.15, 0.2) is 0 Å². The van der Waals surface area contributed by atoms with Crippen molar-refractivity contribution in [1.82, 2.24) is 4.72 Å². The van der Waals surface area contributed by atoms with Gasteiger partial charge in [0.1, 0.15) is 0 Å². The highest BCUT2D eigenvalue weighted by Gasteiger charge is 2.33. The van der Waals surface area contributed by atoms with Gasteiger partial charge in [-0.25, -0.2) is 13.1 Å². The summed E-state index contributed by atoms with van der Waals surface area (Å²) in [5, 5.41) is 9.17. The van der Waals surface area contributed by atoms with Crippen LogP contribution in [0.2, 0.25) is 0 Å². The Kier molecular flexibility index (Phi) is 4.83. The second-order valence-electron chi connectivity index (χ2n) is 4.70. The van der Waals surface area contributed by atoms with Gasteiger partial charge in [-0.05, 0) is 31.5 Å². The van der Waals surface area contributed by atoms with Crippen LogP contribution in [0.15, 0.2) is 29.2 Å². The van der Waals surface area contributed by atoms with Gasteiger partial charge in [0, 0.05) is 0 Å². The zero-order valence-electron chi connectivity index (χ0n) is 11.0. The highest BCUT2D eigenvalue weighted by Crippen LogP contribution is 2.30. The van der Waals surface area contributed by atoms with Crippen molar-refractivity contribution in [1.29, 1.82) is 0 Å². The largest absolute Gasteiger partial charge is 0.416 e. The lowest BCUT2D eigenvalue weighted by atomic mass is 10.0. The molecule has 1 rings (SSSR count). The summed E-state index contributed by atoms with van der Waals surface area (Å²) in [4.78, 5) is -0.486. The lowest BCUT2D eigenvalue weighted by Gasteiger charge is -2.26. The van der Waals surface area contributed by atoms with E-state index in [1.54, 1.807) is 6.92 Å². The molecule has 0 heterocycles. The lowest BCUT2D eigenvalue weighted by molar-refractivity contribution is -0.137. The van der Waals surface area contributed by atoms with E-state index in [-0.39, 0.29) is 0 Å². The van der Waals surface area contributed by atoms with Crippen molar-refractivity contribution >= 4 is 10.0 Å². The van der Waals surface area contributed by atoms with Gasteiger partial charge in [-0.2, -0.15) is 13.2 Å². The van der Waals surface area contributed by atoms with Crippen molar-refractivity contribution in [2.24, 2.45) is 0 Å². The molecule has 0 aromatic heterocycles. The SMILES string of the molecule is CCC(C)(CO)NS(=O)(=O)c1cccc(C(F)(F)F)c1. The molecule has 2 N–H and O–H groups in total. The van der Waals surface area contributed by atoms with Gasteiger partial charge in [-0.1, -0.05) is 13.0 Å². The smallest absolute Gasteiger partial charge is 0.394 e. The number of nitrogens with one attached hydrogen (secondary N) is 1. The minimum atomic E-state index is -4.61. The third kappa shape index (κ3) is 3.94. The van der Waals surface area contributed by atoms with Gasteiger partial charge >= 0.3 is 6.18 Å². The third-order valence-corrected chi connectivity index (χ3v) is 4.62. The normalized spacial score (nSPS) is 15.9. The molecule has 0 spiro atoms. The molecule has 114 valence electrons. The zero-order chi connectivity index (χ0) is 15.6. The summed E-state index contributed by atoms with van der Waals surface area (Å²) in [5.41, 5.74) is -2.16. The van der Waals surface area contributed by atoms with E-state index in [0.29, 0.717) is 12.5 Å². The maximum atomic E-state index is 12.6. The molecule has 1 unspecified atom stereocenters. The first-order chi connectivity index (χ1) is 9.04. The van der Waals surface area contributed by atoms with Gasteiger partial charge in [-0.3, -0.25) is 0 Å². The molecule has 4 nitrogen and oxygen atoms in total. The molecule has 8 heteroatoms. The average molecular weight is 311 g/mol. The van der Waals surface area contributed by atoms with Crippen LogP contribution in [0.3, 0.4) is 0 Å². The molecule has 0 saturated carbocycles. The summed E-state index contributed by atoms with van der Waals surface area (Å²) >= 11 is 0. The van der Waals surface area contributed by atoms with Crippen LogP contribution in [0.5, 0.6) is 0 Å². The van der Waals surface area contributed by atoms with Crippen LogP contribution < -0.4 is 4.72 Å². The summed E-state index contributed by atoms with van der Waals surface area (Å²) in [5.74, 6) is 0. The molecule has 0 bridgehead atoms. The quantitative estimate of drug-likeness (QED) is 0.875. The molecule has 1 aromatic rings. The van der Waals surface area contributed by atoms with E-state index in [1.807, 2.05) is 0 Å². The van der Waals surface area contributed by atoms with Crippen molar-refractivity contribution in [3.05, 3.63) is 29.8 Å². The Hall–Kier alpha value is -1.12. The van der Waals surface area contributed by atoms with Gasteiger partial charge in [0.05, 0.1) is 22.6 Å². The van der Waals surface area contributed by atoms with Crippen LogP contribution in [0, 0.1) is 0 Å². The fourth-order valence-electron chi connectivity index (χ4n) is 1.44. The zero-order valence-corrected chi connectivity index (χ0v) is 11.8. The van der Waals surface area contributed by atoms with E-state index in [0.717, 1.165) is 18.2 Å². The Morgan fingerprint density at radius 1 is 1.30 bits per heavy atom. The number of rotatable bonds is 5. The highest BCUT2D eigenvalue weighted by molar-refractivity contribution is 7.89. The average Bonchev–Trinajstić information content (AvgIpc) is 2.37. The van der Waals surface area contributed by atoms with E-state index in [4.69, 9.17) is 0 Å². The Morgan fingerprint density at radius 3 is 2.35 bits per heavy atom. The standard InChI is InChI=1S/C12H16F3NO3S/c1-3-11(2,8-17)16-20(18,19)10-6-4-5-9(7-10)12(13,14)15/h4-7,16-17H,3,8H2,1-2H3. The van der Waals surface area contributed by atoms with E-state index in [1.165, 1.54) is 6.92 Å². The number of alkyl halides is 3. The summed E-state index contributed by atoms with van der Waals surface area (Å²) in [6.07, 6.45) is -4.32. The van der Waals surface area contributed by atoms with E-state index < -0.39 is 38.8 Å². The van der Waals surface area contributed by atoms with Gasteiger partial charge in [-0.15, -0.1) is 0 Å². The number of aliphatic hydroxyl groups is 1. The first-order valence-electron chi connectivity index (χ1n) is 5.86. The highest BCUT2D eigenvalue weighted by atomic mass is 32.2. The Bertz CT molecular complexity index is 566. The number of hydrogen-bond donors (Lipinski definition) is 2. The van der Waals surface area contributed by atoms with Gasteiger partial charge in [0.2, 0.25) is 10.0 Å². The second kappa shape index (κ2) is 5.71. The number of benzene rings is 1. The first-order valence-corrected chi connectivity index (χ1v) is 7.34. The molecule has 0 fully saturated rings. The van der Waals surface area contributed by atoms with Gasteiger partial charge < -0.3 is 5.11 Å². The topological polar surface area (TPSA) is 66.4 Å². The molecular formula is C12H16F3NO3S. The van der Waals surface area contributed by atoms with Crippen LogP contribution in [0.1, 0.15) is 25.8 Å². The van der Waals surface area contributed by atoms with Gasteiger partial charge in [0.25, 0.3) is 0 Å². The lowest BCUT2D eigenvalue weighted by Crippen LogP contribution is -2.48. The van der Waals surface area contributed by atoms with Crippen LogP contribution in [-0.2, 0) is 16.2 Å². The second-order valence-corrected chi connectivity index (χ2v) is 6.39. The van der Waals surface area contributed by atoms with Crippen LogP contribution >= 0.6 is 0 Å². The van der Waals surface area contributed by atoms with Crippen molar-refractivity contribution < 1.29 is 26.7 Å². The molecule has 0 aliphatic carbocycles. The summed E-state index contributed by atoms with van der Waals surface area (Å²) in [6.45, 7) is 2.67. The minimum Gasteiger partial charge on any atom is -0.394 e. The fraction of sp³-hybridized carbons (Fsp3) is 0.500. The maximum Gasteiger partial charge on any atom is 0.416 e. The van der Waals surface area contributed by atoms with Crippen LogP contribution in [0.25, 0.3) is 0 Å². The maximum absolute atomic E-state index is 12.6. The first kappa shape index (κ1) is 16.9. The summed E-state index contributed by atoms with van der Waals surface area (Å²) in [6, 6.07) is 3.46. The number of sulfonamides is 1. The predicted molar refractivity (Wildman–Crippen MR) is 67.5 cm³/mol. The van der Waals surface area contributed by atoms with Crippen LogP contribution in [0.4, 0.5) is 13.2 Å². The van der Waals surface area contributed by atoms with Crippen molar-refractivity contribution in [2.45, 2.75) is 36.9 Å². The molecule has 1 aromatic carbocycles. The molecule has 0 radical (unpaired) electrons. The Morgan fingerprint density at radius 2 is 1.90 bits per heavy atom. The molecule has 0 amide bonds. The molecule has 0 aliphatic heterocycles. The van der Waals surface area contributed by atoms with E-state index in [2.05, 4.69) is 4.72 Å². The van der Waals surface area contributed by atoms with Crippen molar-refractivity contribution in [2.75, 3.05) is 6.61 Å². The summed E-state index contributed by atoms with van der Waals surface area (Å²) < 4.78 is 64.0.